The molecule has 0 aliphatic carbocycles. The van der Waals surface area contributed by atoms with Crippen LogP contribution in [-0.4, -0.2) is 36.0 Å². The molecule has 7 nitrogen and oxygen atoms in total. The number of benzene rings is 1. The van der Waals surface area contributed by atoms with Crippen LogP contribution >= 0.6 is 0 Å². The Kier molecular flexibility index (Phi) is 9.33. The van der Waals surface area contributed by atoms with Gasteiger partial charge in [-0.1, -0.05) is 58.0 Å². The van der Waals surface area contributed by atoms with Crippen LogP contribution in [0.15, 0.2) is 30.3 Å². The van der Waals surface area contributed by atoms with Crippen molar-refractivity contribution in [2.45, 2.75) is 52.7 Å². The van der Waals surface area contributed by atoms with E-state index in [1.165, 1.54) is 0 Å². The van der Waals surface area contributed by atoms with Crippen molar-refractivity contribution in [1.82, 2.24) is 5.32 Å². The van der Waals surface area contributed by atoms with E-state index >= 15 is 0 Å². The van der Waals surface area contributed by atoms with Crippen LogP contribution in [-0.2, 0) is 19.1 Å². The largest absolute Gasteiger partial charge is 0.481 e. The van der Waals surface area contributed by atoms with Crippen molar-refractivity contribution in [1.29, 1.82) is 0 Å². The highest BCUT2D eigenvalue weighted by atomic mass is 16.7. The maximum Gasteiger partial charge on any atom is 0.410 e. The molecule has 150 valence electrons. The summed E-state index contributed by atoms with van der Waals surface area (Å²) in [6.07, 6.45) is -1.63. The number of aliphatic carboxylic acids is 1. The Morgan fingerprint density at radius 1 is 1.00 bits per heavy atom. The van der Waals surface area contributed by atoms with Gasteiger partial charge in [-0.05, 0) is 11.5 Å². The van der Waals surface area contributed by atoms with Crippen molar-refractivity contribution in [2.24, 2.45) is 11.8 Å². The molecule has 0 heterocycles. The van der Waals surface area contributed by atoms with E-state index in [1.54, 1.807) is 13.8 Å². The topological polar surface area (TPSA) is 102 Å². The van der Waals surface area contributed by atoms with Crippen LogP contribution in [0.25, 0.3) is 0 Å². The first-order valence-corrected chi connectivity index (χ1v) is 9.09. The monoisotopic (exact) mass is 379 g/mol. The van der Waals surface area contributed by atoms with Crippen molar-refractivity contribution in [2.75, 3.05) is 6.54 Å². The van der Waals surface area contributed by atoms with Gasteiger partial charge in [0.05, 0.1) is 6.42 Å². The lowest BCUT2D eigenvalue weighted by atomic mass is 9.96. The number of carbonyl (C=O) groups is 3. The lowest BCUT2D eigenvalue weighted by Crippen LogP contribution is -2.36. The van der Waals surface area contributed by atoms with E-state index in [2.05, 4.69) is 5.32 Å². The number of carboxylic acids is 1. The van der Waals surface area contributed by atoms with E-state index in [-0.39, 0.29) is 31.2 Å². The Morgan fingerprint density at radius 2 is 1.63 bits per heavy atom. The van der Waals surface area contributed by atoms with Gasteiger partial charge in [-0.2, -0.15) is 0 Å². The van der Waals surface area contributed by atoms with Crippen LogP contribution in [0, 0.1) is 11.8 Å². The van der Waals surface area contributed by atoms with Gasteiger partial charge in [-0.15, -0.1) is 0 Å². The zero-order chi connectivity index (χ0) is 20.4. The fourth-order valence-corrected chi connectivity index (χ4v) is 2.40. The van der Waals surface area contributed by atoms with Crippen molar-refractivity contribution in [3.8, 4) is 0 Å². The average Bonchev–Trinajstić information content (AvgIpc) is 2.57. The highest BCUT2D eigenvalue weighted by Crippen LogP contribution is 2.19. The van der Waals surface area contributed by atoms with Crippen molar-refractivity contribution in [3.63, 3.8) is 0 Å². The smallest absolute Gasteiger partial charge is 0.410 e. The number of nitrogens with one attached hydrogen (secondary N) is 1. The molecule has 1 aromatic carbocycles. The van der Waals surface area contributed by atoms with E-state index < -0.39 is 30.2 Å². The summed E-state index contributed by atoms with van der Waals surface area (Å²) < 4.78 is 10.4. The normalized spacial score (nSPS) is 13.1. The number of hydrogen-bond acceptors (Lipinski definition) is 5. The SMILES string of the molecule is CC(C)CC(=O)O[C@@H](OC(=O)NC[C@H](CC(=O)O)c1ccccc1)C(C)C. The molecule has 0 spiro atoms. The number of ether oxygens (including phenoxy) is 2. The Bertz CT molecular complexity index is 614. The summed E-state index contributed by atoms with van der Waals surface area (Å²) in [5.74, 6) is -1.85. The molecule has 0 bridgehead atoms. The number of carbonyl (C=O) groups excluding carboxylic acids is 2. The molecule has 2 N–H and O–H groups in total. The molecule has 2 atom stereocenters. The fourth-order valence-electron chi connectivity index (χ4n) is 2.40. The van der Waals surface area contributed by atoms with Gasteiger partial charge in [0.15, 0.2) is 0 Å². The van der Waals surface area contributed by atoms with Gasteiger partial charge >= 0.3 is 18.0 Å². The zero-order valence-corrected chi connectivity index (χ0v) is 16.3. The quantitative estimate of drug-likeness (QED) is 0.476. The number of hydrogen-bond donors (Lipinski definition) is 2. The van der Waals surface area contributed by atoms with Gasteiger partial charge in [-0.3, -0.25) is 9.59 Å². The summed E-state index contributed by atoms with van der Waals surface area (Å²) >= 11 is 0. The van der Waals surface area contributed by atoms with Crippen LogP contribution in [0.1, 0.15) is 52.0 Å². The minimum absolute atomic E-state index is 0.0971. The summed E-state index contributed by atoms with van der Waals surface area (Å²) in [7, 11) is 0. The summed E-state index contributed by atoms with van der Waals surface area (Å²) in [6, 6.07) is 9.08. The Balaban J connectivity index is 2.63. The molecule has 0 aliphatic rings. The van der Waals surface area contributed by atoms with Crippen molar-refractivity contribution < 1.29 is 29.0 Å². The predicted molar refractivity (Wildman–Crippen MR) is 100 cm³/mol. The average molecular weight is 379 g/mol. The molecule has 0 fully saturated rings. The molecule has 1 rings (SSSR count). The fraction of sp³-hybridized carbons (Fsp3) is 0.550. The van der Waals surface area contributed by atoms with Gasteiger partial charge in [0.25, 0.3) is 6.29 Å². The van der Waals surface area contributed by atoms with E-state index in [0.717, 1.165) is 5.56 Å². The second-order valence-electron chi connectivity index (χ2n) is 7.19. The van der Waals surface area contributed by atoms with Gasteiger partial charge in [0, 0.05) is 24.8 Å². The number of alkyl carbamates (subject to hydrolysis) is 1. The molecule has 27 heavy (non-hydrogen) atoms. The number of rotatable bonds is 10. The molecule has 1 amide bonds. The molecule has 0 saturated heterocycles. The van der Waals surface area contributed by atoms with Crippen LogP contribution < -0.4 is 5.32 Å². The molecule has 0 unspecified atom stereocenters. The summed E-state index contributed by atoms with van der Waals surface area (Å²) in [4.78, 5) is 35.0. The molecule has 0 saturated carbocycles. The van der Waals surface area contributed by atoms with Crippen LogP contribution in [0.2, 0.25) is 0 Å². The molecule has 0 radical (unpaired) electrons. The van der Waals surface area contributed by atoms with Gasteiger partial charge < -0.3 is 19.9 Å². The van der Waals surface area contributed by atoms with Crippen LogP contribution in [0.4, 0.5) is 4.79 Å². The maximum atomic E-state index is 12.1. The molecular weight excluding hydrogens is 350 g/mol. The standard InChI is InChI=1S/C20H29NO6/c1-13(2)10-18(24)26-19(14(3)4)27-20(25)21-12-16(11-17(22)23)15-8-6-5-7-9-15/h5-9,13-14,16,19H,10-12H2,1-4H3,(H,21,25)(H,22,23)/t16-,19-/m0/s1. The van der Waals surface area contributed by atoms with Gasteiger partial charge in [0.2, 0.25) is 0 Å². The maximum absolute atomic E-state index is 12.1. The first-order chi connectivity index (χ1) is 12.7. The van der Waals surface area contributed by atoms with Gasteiger partial charge in [-0.25, -0.2) is 4.79 Å². The molecular formula is C20H29NO6. The van der Waals surface area contributed by atoms with Gasteiger partial charge in [0.1, 0.15) is 0 Å². The predicted octanol–water partition coefficient (Wildman–Crippen LogP) is 3.54. The Morgan fingerprint density at radius 3 is 2.15 bits per heavy atom. The summed E-state index contributed by atoms with van der Waals surface area (Å²) in [6.45, 7) is 7.44. The molecule has 0 aromatic heterocycles. The highest BCUT2D eigenvalue weighted by molar-refractivity contribution is 5.71. The highest BCUT2D eigenvalue weighted by Gasteiger charge is 2.24. The Hall–Kier alpha value is -2.57. The minimum Gasteiger partial charge on any atom is -0.481 e. The Labute approximate surface area is 160 Å². The van der Waals surface area contributed by atoms with Crippen molar-refractivity contribution >= 4 is 18.0 Å². The molecule has 0 aliphatic heterocycles. The third-order valence-corrected chi connectivity index (χ3v) is 3.77. The lowest BCUT2D eigenvalue weighted by Gasteiger charge is -2.23. The second-order valence-corrected chi connectivity index (χ2v) is 7.19. The summed E-state index contributed by atoms with van der Waals surface area (Å²) in [5, 5.41) is 11.7. The molecule has 7 heteroatoms. The first-order valence-electron chi connectivity index (χ1n) is 9.09. The lowest BCUT2D eigenvalue weighted by molar-refractivity contribution is -0.175. The van der Waals surface area contributed by atoms with E-state index in [9.17, 15) is 14.4 Å². The second kappa shape index (κ2) is 11.2. The minimum atomic E-state index is -0.995. The van der Waals surface area contributed by atoms with Crippen molar-refractivity contribution in [3.05, 3.63) is 35.9 Å². The van der Waals surface area contributed by atoms with Crippen LogP contribution in [0.3, 0.4) is 0 Å². The number of esters is 1. The zero-order valence-electron chi connectivity index (χ0n) is 16.3. The van der Waals surface area contributed by atoms with E-state index in [0.29, 0.717) is 0 Å². The number of amides is 1. The number of carboxylic acid groups (broad SMARTS) is 1. The van der Waals surface area contributed by atoms with E-state index in [4.69, 9.17) is 14.6 Å². The molecule has 1 aromatic rings. The van der Waals surface area contributed by atoms with Crippen LogP contribution in [0.5, 0.6) is 0 Å². The third-order valence-electron chi connectivity index (χ3n) is 3.77. The third kappa shape index (κ3) is 9.08. The van der Waals surface area contributed by atoms with E-state index in [1.807, 2.05) is 44.2 Å². The summed E-state index contributed by atoms with van der Waals surface area (Å²) in [5.41, 5.74) is 0.809. The first kappa shape index (κ1) is 22.5.